The molecule has 3 aromatic rings. The van der Waals surface area contributed by atoms with E-state index in [0.717, 1.165) is 23.1 Å². The molecule has 4 rings (SSSR count). The molecule has 0 amide bonds. The van der Waals surface area contributed by atoms with E-state index in [4.69, 9.17) is 28.3 Å². The fourth-order valence-electron chi connectivity index (χ4n) is 4.51. The molecule has 2 nitrogen and oxygen atoms in total. The SMILES string of the molecule is CN1/C(=C/C=C/C/C=C(\C=C(/[OH2+])c2ccc(Cl)cc2)c2ccc(Cl)cc2)C(C)(C)c2ccccc21. The van der Waals surface area contributed by atoms with Crippen LogP contribution in [0.3, 0.4) is 0 Å². The Balaban J connectivity index is 1.57. The average molecular weight is 503 g/mol. The van der Waals surface area contributed by atoms with Gasteiger partial charge in [0, 0.05) is 40.0 Å². The predicted octanol–water partition coefficient (Wildman–Crippen LogP) is 8.40. The molecule has 0 fully saturated rings. The monoisotopic (exact) mass is 502 g/mol. The van der Waals surface area contributed by atoms with Crippen molar-refractivity contribution in [3.8, 4) is 0 Å². The zero-order valence-corrected chi connectivity index (χ0v) is 21.7. The molecule has 0 radical (unpaired) electrons. The van der Waals surface area contributed by atoms with Crippen molar-refractivity contribution in [2.45, 2.75) is 25.7 Å². The van der Waals surface area contributed by atoms with Gasteiger partial charge in [0.1, 0.15) is 0 Å². The van der Waals surface area contributed by atoms with Crippen LogP contribution in [0.5, 0.6) is 0 Å². The number of nitrogens with zero attached hydrogens (tertiary/aromatic N) is 1. The molecule has 4 heteroatoms. The number of fused-ring (bicyclic) bond motifs is 1. The molecule has 0 saturated carbocycles. The first-order chi connectivity index (χ1) is 16.8. The van der Waals surface area contributed by atoms with Crippen LogP contribution >= 0.6 is 23.2 Å². The second-order valence-electron chi connectivity index (χ2n) is 9.15. The predicted molar refractivity (Wildman–Crippen MR) is 152 cm³/mol. The van der Waals surface area contributed by atoms with Crippen LogP contribution in [0.25, 0.3) is 11.3 Å². The van der Waals surface area contributed by atoms with Gasteiger partial charge in [-0.2, -0.15) is 0 Å². The molecular weight excluding hydrogens is 473 g/mol. The van der Waals surface area contributed by atoms with Gasteiger partial charge in [0.05, 0.1) is 5.56 Å². The summed E-state index contributed by atoms with van der Waals surface area (Å²) < 4.78 is 0. The number of benzene rings is 3. The fraction of sp³-hybridized carbons (Fsp3) is 0.161. The molecular formula is C31H30Cl2NO+. The van der Waals surface area contributed by atoms with Gasteiger partial charge in [-0.3, -0.25) is 0 Å². The van der Waals surface area contributed by atoms with Gasteiger partial charge in [-0.25, -0.2) is 0 Å². The fourth-order valence-corrected chi connectivity index (χ4v) is 4.76. The molecule has 2 N–H and O–H groups in total. The van der Waals surface area contributed by atoms with Crippen LogP contribution in [0.15, 0.2) is 109 Å². The summed E-state index contributed by atoms with van der Waals surface area (Å²) in [6.07, 6.45) is 11.2. The molecule has 1 aliphatic rings. The number of para-hydroxylation sites is 1. The highest BCUT2D eigenvalue weighted by atomic mass is 35.5. The van der Waals surface area contributed by atoms with Crippen molar-refractivity contribution in [3.63, 3.8) is 0 Å². The van der Waals surface area contributed by atoms with Gasteiger partial charge < -0.3 is 10.0 Å². The third-order valence-corrected chi connectivity index (χ3v) is 6.94. The zero-order chi connectivity index (χ0) is 25.0. The van der Waals surface area contributed by atoms with Crippen LogP contribution in [0.2, 0.25) is 10.0 Å². The highest BCUT2D eigenvalue weighted by molar-refractivity contribution is 6.30. The molecule has 0 aliphatic carbocycles. The molecule has 0 spiro atoms. The van der Waals surface area contributed by atoms with Crippen LogP contribution in [0.1, 0.15) is 37.0 Å². The maximum absolute atomic E-state index is 8.58. The third-order valence-electron chi connectivity index (χ3n) is 6.44. The Morgan fingerprint density at radius 1 is 0.886 bits per heavy atom. The number of anilines is 1. The first kappa shape index (κ1) is 24.9. The van der Waals surface area contributed by atoms with Crippen molar-refractivity contribution in [2.24, 2.45) is 0 Å². The Hall–Kier alpha value is -3.20. The van der Waals surface area contributed by atoms with E-state index in [1.54, 1.807) is 12.1 Å². The molecule has 0 saturated heterocycles. The van der Waals surface area contributed by atoms with Crippen LogP contribution in [0, 0.1) is 0 Å². The van der Waals surface area contributed by atoms with Gasteiger partial charge in [0.25, 0.3) is 5.76 Å². The number of halogens is 2. The van der Waals surface area contributed by atoms with Gasteiger partial charge in [0.15, 0.2) is 0 Å². The first-order valence-electron chi connectivity index (χ1n) is 11.6. The van der Waals surface area contributed by atoms with E-state index >= 15 is 0 Å². The van der Waals surface area contributed by atoms with Gasteiger partial charge in [-0.05, 0) is 71.7 Å². The lowest BCUT2D eigenvalue weighted by molar-refractivity contribution is 0.512. The maximum Gasteiger partial charge on any atom is 0.261 e. The minimum Gasteiger partial charge on any atom is -0.593 e. The lowest BCUT2D eigenvalue weighted by Crippen LogP contribution is -2.22. The summed E-state index contributed by atoms with van der Waals surface area (Å²) in [6.45, 7) is 4.54. The van der Waals surface area contributed by atoms with E-state index in [9.17, 15) is 0 Å². The van der Waals surface area contributed by atoms with E-state index in [0.29, 0.717) is 15.8 Å². The Morgan fingerprint density at radius 2 is 1.49 bits per heavy atom. The topological polar surface area (TPSA) is 26.1 Å². The van der Waals surface area contributed by atoms with E-state index < -0.39 is 0 Å². The van der Waals surface area contributed by atoms with Crippen LogP contribution < -0.4 is 4.90 Å². The van der Waals surface area contributed by atoms with Crippen molar-refractivity contribution >= 4 is 40.2 Å². The number of allylic oxidation sites excluding steroid dienone is 7. The molecule has 3 aromatic carbocycles. The molecule has 178 valence electrons. The summed E-state index contributed by atoms with van der Waals surface area (Å²) in [5.74, 6) is 0.432. The summed E-state index contributed by atoms with van der Waals surface area (Å²) in [6, 6.07) is 23.6. The lowest BCUT2D eigenvalue weighted by atomic mass is 9.84. The average Bonchev–Trinajstić information content (AvgIpc) is 3.04. The Bertz CT molecular complexity index is 1310. The van der Waals surface area contributed by atoms with Crippen LogP contribution in [0.4, 0.5) is 5.69 Å². The van der Waals surface area contributed by atoms with E-state index in [1.807, 2.05) is 42.5 Å². The molecule has 0 bridgehead atoms. The molecule has 35 heavy (non-hydrogen) atoms. The van der Waals surface area contributed by atoms with E-state index in [2.05, 4.69) is 74.4 Å². The minimum absolute atomic E-state index is 0.0403. The van der Waals surface area contributed by atoms with Gasteiger partial charge in [-0.15, -0.1) is 0 Å². The Kier molecular flexibility index (Phi) is 7.54. The van der Waals surface area contributed by atoms with Crippen LogP contribution in [-0.4, -0.2) is 12.2 Å². The molecule has 0 atom stereocenters. The van der Waals surface area contributed by atoms with Crippen molar-refractivity contribution < 1.29 is 5.11 Å². The maximum atomic E-state index is 8.58. The second-order valence-corrected chi connectivity index (χ2v) is 10.0. The zero-order valence-electron chi connectivity index (χ0n) is 20.2. The largest absolute Gasteiger partial charge is 0.593 e. The second kappa shape index (κ2) is 10.6. The van der Waals surface area contributed by atoms with E-state index in [1.165, 1.54) is 16.9 Å². The van der Waals surface area contributed by atoms with Crippen molar-refractivity contribution in [1.82, 2.24) is 0 Å². The highest BCUT2D eigenvalue weighted by Gasteiger charge is 2.37. The summed E-state index contributed by atoms with van der Waals surface area (Å²) in [7, 11) is 2.13. The van der Waals surface area contributed by atoms with Crippen molar-refractivity contribution in [2.75, 3.05) is 11.9 Å². The number of hydrogen-bond donors (Lipinski definition) is 0. The van der Waals surface area contributed by atoms with Gasteiger partial charge in [0.2, 0.25) is 0 Å². The molecule has 0 unspecified atom stereocenters. The van der Waals surface area contributed by atoms with Crippen LogP contribution in [-0.2, 0) is 5.41 Å². The van der Waals surface area contributed by atoms with Gasteiger partial charge in [-0.1, -0.05) is 85.6 Å². The van der Waals surface area contributed by atoms with Gasteiger partial charge >= 0.3 is 0 Å². The smallest absolute Gasteiger partial charge is 0.261 e. The highest BCUT2D eigenvalue weighted by Crippen LogP contribution is 2.46. The summed E-state index contributed by atoms with van der Waals surface area (Å²) in [4.78, 5) is 2.27. The molecule has 0 aromatic heterocycles. The van der Waals surface area contributed by atoms with Crippen molar-refractivity contribution in [3.05, 3.63) is 136 Å². The Morgan fingerprint density at radius 3 is 2.11 bits per heavy atom. The number of rotatable bonds is 6. The quantitative estimate of drug-likeness (QED) is 0.188. The standard InChI is InChI=1S/C31H29Cl2NO/c1-31(2)27-10-7-8-11-28(27)34(3)30(31)12-6-4-5-9-24(22-13-17-25(32)18-14-22)21-29(35)23-15-19-26(33)20-16-23/h4,6-21,35H,5H2,1-3H3/p+1/b6-4+,24-9+,29-21-,30-12+. The number of likely N-dealkylation sites (N-methyl/N-ethyl adjacent to an activating group) is 1. The van der Waals surface area contributed by atoms with E-state index in [-0.39, 0.29) is 5.41 Å². The summed E-state index contributed by atoms with van der Waals surface area (Å²) in [5, 5.41) is 9.93. The van der Waals surface area contributed by atoms with Crippen molar-refractivity contribution in [1.29, 1.82) is 0 Å². The normalized spacial score (nSPS) is 16.8. The third kappa shape index (κ3) is 5.56. The minimum atomic E-state index is -0.0403. The summed E-state index contributed by atoms with van der Waals surface area (Å²) >= 11 is 12.1. The molecule has 1 aliphatic heterocycles. The number of hydrogen-bond acceptors (Lipinski definition) is 1. The lowest BCUT2D eigenvalue weighted by Gasteiger charge is -2.23. The Labute approximate surface area is 218 Å². The molecule has 1 heterocycles. The summed E-state index contributed by atoms with van der Waals surface area (Å²) in [5.41, 5.74) is 6.66. The first-order valence-corrected chi connectivity index (χ1v) is 12.4.